The van der Waals surface area contributed by atoms with Gasteiger partial charge in [-0.1, -0.05) is 0 Å². The van der Waals surface area contributed by atoms with E-state index in [9.17, 15) is 14.7 Å². The van der Waals surface area contributed by atoms with Crippen LogP contribution in [0.3, 0.4) is 0 Å². The molecule has 86 valence electrons. The summed E-state index contributed by atoms with van der Waals surface area (Å²) in [6.45, 7) is 1.08. The number of rotatable bonds is 3. The lowest BCUT2D eigenvalue weighted by atomic mass is 10.1. The maximum atomic E-state index is 11.4. The van der Waals surface area contributed by atoms with Gasteiger partial charge in [0.2, 0.25) is 0 Å². The quantitative estimate of drug-likeness (QED) is 0.600. The Labute approximate surface area is 87.9 Å². The van der Waals surface area contributed by atoms with E-state index >= 15 is 0 Å². The van der Waals surface area contributed by atoms with E-state index in [-0.39, 0.29) is 19.0 Å². The third-order valence-corrected chi connectivity index (χ3v) is 2.30. The number of carboxylic acids is 1. The average molecular weight is 216 g/mol. The van der Waals surface area contributed by atoms with Crippen LogP contribution in [-0.2, 0) is 4.79 Å². The van der Waals surface area contributed by atoms with Crippen molar-refractivity contribution in [2.45, 2.75) is 25.4 Å². The molecule has 0 aromatic carbocycles. The van der Waals surface area contributed by atoms with Gasteiger partial charge in [-0.2, -0.15) is 0 Å². The Kier molecular flexibility index (Phi) is 4.36. The number of aliphatic hydroxyl groups is 1. The molecule has 1 aliphatic heterocycles. The first-order chi connectivity index (χ1) is 7.09. The molecule has 1 heterocycles. The second kappa shape index (κ2) is 5.55. The first-order valence-corrected chi connectivity index (χ1v) is 5.02. The summed E-state index contributed by atoms with van der Waals surface area (Å²) in [4.78, 5) is 23.2. The van der Waals surface area contributed by atoms with Crippen molar-refractivity contribution in [2.75, 3.05) is 19.6 Å². The van der Waals surface area contributed by atoms with Crippen LogP contribution in [0.15, 0.2) is 0 Å². The highest BCUT2D eigenvalue weighted by molar-refractivity contribution is 5.75. The number of aliphatic hydroxyl groups excluding tert-OH is 1. The number of β-amino-alcohol motifs (C(OH)–C–C–N with tert-alkyl or cyclic N) is 1. The number of carbonyl (C=O) groups is 2. The number of carbonyl (C=O) groups excluding carboxylic acids is 1. The van der Waals surface area contributed by atoms with Gasteiger partial charge >= 0.3 is 12.0 Å². The molecule has 0 radical (unpaired) electrons. The van der Waals surface area contributed by atoms with Crippen LogP contribution in [0.5, 0.6) is 0 Å². The second-order valence-electron chi connectivity index (χ2n) is 3.62. The summed E-state index contributed by atoms with van der Waals surface area (Å²) in [6, 6.07) is -0.296. The smallest absolute Gasteiger partial charge is 0.317 e. The molecule has 1 saturated heterocycles. The van der Waals surface area contributed by atoms with E-state index in [0.29, 0.717) is 13.1 Å². The molecule has 0 saturated carbocycles. The maximum absolute atomic E-state index is 11.4. The van der Waals surface area contributed by atoms with Crippen molar-refractivity contribution in [3.63, 3.8) is 0 Å². The third kappa shape index (κ3) is 4.16. The molecule has 0 aromatic rings. The van der Waals surface area contributed by atoms with Crippen LogP contribution in [0.1, 0.15) is 19.3 Å². The monoisotopic (exact) mass is 216 g/mol. The zero-order valence-electron chi connectivity index (χ0n) is 8.48. The lowest BCUT2D eigenvalue weighted by molar-refractivity contribution is -0.136. The van der Waals surface area contributed by atoms with E-state index in [0.717, 1.165) is 12.8 Å². The number of piperidine rings is 1. The maximum Gasteiger partial charge on any atom is 0.317 e. The van der Waals surface area contributed by atoms with Crippen LogP contribution in [0.2, 0.25) is 0 Å². The number of nitrogens with one attached hydrogen (secondary N) is 1. The molecular weight excluding hydrogens is 200 g/mol. The van der Waals surface area contributed by atoms with Gasteiger partial charge in [-0.3, -0.25) is 4.79 Å². The van der Waals surface area contributed by atoms with Crippen molar-refractivity contribution < 1.29 is 19.8 Å². The number of amides is 2. The Hall–Kier alpha value is -1.30. The summed E-state index contributed by atoms with van der Waals surface area (Å²) in [5.74, 6) is -0.936. The Morgan fingerprint density at radius 3 is 2.80 bits per heavy atom. The molecular formula is C9H16N2O4. The normalized spacial score (nSPS) is 21.1. The Morgan fingerprint density at radius 1 is 1.47 bits per heavy atom. The minimum atomic E-state index is -0.936. The number of aliphatic carboxylic acids is 1. The topological polar surface area (TPSA) is 89.9 Å². The predicted octanol–water partition coefficient (Wildman–Crippen LogP) is -0.373. The zero-order valence-corrected chi connectivity index (χ0v) is 8.48. The second-order valence-corrected chi connectivity index (χ2v) is 3.62. The van der Waals surface area contributed by atoms with Crippen LogP contribution in [0.25, 0.3) is 0 Å². The molecule has 1 fully saturated rings. The molecule has 1 rings (SSSR count). The van der Waals surface area contributed by atoms with E-state index in [2.05, 4.69) is 5.32 Å². The minimum absolute atomic E-state index is 0.0812. The molecule has 1 unspecified atom stereocenters. The van der Waals surface area contributed by atoms with Crippen LogP contribution in [0, 0.1) is 0 Å². The van der Waals surface area contributed by atoms with Gasteiger partial charge in [0.15, 0.2) is 0 Å². The molecule has 2 amide bonds. The van der Waals surface area contributed by atoms with Crippen LogP contribution in [0.4, 0.5) is 4.79 Å². The summed E-state index contributed by atoms with van der Waals surface area (Å²) < 4.78 is 0. The van der Waals surface area contributed by atoms with Gasteiger partial charge in [-0.25, -0.2) is 4.79 Å². The highest BCUT2D eigenvalue weighted by Crippen LogP contribution is 2.09. The fraction of sp³-hybridized carbons (Fsp3) is 0.778. The summed E-state index contributed by atoms with van der Waals surface area (Å²) in [5, 5.41) is 20.2. The van der Waals surface area contributed by atoms with Crippen LogP contribution in [-0.4, -0.2) is 52.9 Å². The largest absolute Gasteiger partial charge is 0.481 e. The molecule has 6 heteroatoms. The van der Waals surface area contributed by atoms with Gasteiger partial charge in [-0.15, -0.1) is 0 Å². The lowest BCUT2D eigenvalue weighted by Crippen LogP contribution is -2.47. The summed E-state index contributed by atoms with van der Waals surface area (Å²) >= 11 is 0. The van der Waals surface area contributed by atoms with Crippen molar-refractivity contribution in [3.05, 3.63) is 0 Å². The molecule has 0 spiro atoms. The molecule has 0 bridgehead atoms. The fourth-order valence-corrected chi connectivity index (χ4v) is 1.53. The van der Waals surface area contributed by atoms with Crippen LogP contribution >= 0.6 is 0 Å². The van der Waals surface area contributed by atoms with Gasteiger partial charge in [0.1, 0.15) is 0 Å². The average Bonchev–Trinajstić information content (AvgIpc) is 2.17. The Bertz CT molecular complexity index is 244. The van der Waals surface area contributed by atoms with Crippen LogP contribution < -0.4 is 5.32 Å². The number of urea groups is 1. The number of hydrogen-bond acceptors (Lipinski definition) is 3. The number of nitrogens with zero attached hydrogens (tertiary/aromatic N) is 1. The SMILES string of the molecule is O=C(O)CCNC(=O)N1CCCC(O)C1. The highest BCUT2D eigenvalue weighted by Gasteiger charge is 2.21. The molecule has 1 aliphatic rings. The molecule has 3 N–H and O–H groups in total. The van der Waals surface area contributed by atoms with Crippen molar-refractivity contribution in [1.82, 2.24) is 10.2 Å². The molecule has 15 heavy (non-hydrogen) atoms. The van der Waals surface area contributed by atoms with Gasteiger partial charge in [0.25, 0.3) is 0 Å². The van der Waals surface area contributed by atoms with Gasteiger partial charge in [0.05, 0.1) is 12.5 Å². The number of hydrogen-bond donors (Lipinski definition) is 3. The first kappa shape index (κ1) is 11.8. The summed E-state index contributed by atoms with van der Waals surface area (Å²) in [5.41, 5.74) is 0. The number of carboxylic acid groups (broad SMARTS) is 1. The third-order valence-electron chi connectivity index (χ3n) is 2.30. The van der Waals surface area contributed by atoms with Gasteiger partial charge in [0, 0.05) is 19.6 Å². The van der Waals surface area contributed by atoms with E-state index in [1.165, 1.54) is 4.90 Å². The Morgan fingerprint density at radius 2 is 2.20 bits per heavy atom. The summed E-state index contributed by atoms with van der Waals surface area (Å²) in [6.07, 6.45) is 0.971. The zero-order chi connectivity index (χ0) is 11.3. The van der Waals surface area contributed by atoms with Crippen molar-refractivity contribution in [3.8, 4) is 0 Å². The predicted molar refractivity (Wildman–Crippen MR) is 52.5 cm³/mol. The van der Waals surface area contributed by atoms with E-state index < -0.39 is 12.1 Å². The van der Waals surface area contributed by atoms with E-state index in [1.807, 2.05) is 0 Å². The standard InChI is InChI=1S/C9H16N2O4/c12-7-2-1-5-11(6-7)9(15)10-4-3-8(13)14/h7,12H,1-6H2,(H,10,15)(H,13,14). The van der Waals surface area contributed by atoms with Crippen molar-refractivity contribution in [1.29, 1.82) is 0 Å². The van der Waals surface area contributed by atoms with Crippen molar-refractivity contribution in [2.24, 2.45) is 0 Å². The highest BCUT2D eigenvalue weighted by atomic mass is 16.4. The first-order valence-electron chi connectivity index (χ1n) is 5.02. The fourth-order valence-electron chi connectivity index (χ4n) is 1.53. The number of likely N-dealkylation sites (tertiary alicyclic amines) is 1. The summed E-state index contributed by atoms with van der Waals surface area (Å²) in [7, 11) is 0. The molecule has 0 aliphatic carbocycles. The molecule has 6 nitrogen and oxygen atoms in total. The van der Waals surface area contributed by atoms with Crippen molar-refractivity contribution >= 4 is 12.0 Å². The van der Waals surface area contributed by atoms with Gasteiger partial charge in [-0.05, 0) is 12.8 Å². The van der Waals surface area contributed by atoms with Gasteiger partial charge < -0.3 is 20.4 Å². The lowest BCUT2D eigenvalue weighted by Gasteiger charge is -2.30. The molecule has 0 aromatic heterocycles. The van der Waals surface area contributed by atoms with E-state index in [1.54, 1.807) is 0 Å². The Balaban J connectivity index is 2.24. The molecule has 1 atom stereocenters. The van der Waals surface area contributed by atoms with E-state index in [4.69, 9.17) is 5.11 Å². The minimum Gasteiger partial charge on any atom is -0.481 e.